The fourth-order valence-electron chi connectivity index (χ4n) is 5.59. The lowest BCUT2D eigenvalue weighted by Gasteiger charge is -2.59. The third-order valence-electron chi connectivity index (χ3n) is 6.10. The number of aliphatic hydroxyl groups excluding tert-OH is 1. The van der Waals surface area contributed by atoms with Crippen LogP contribution in [0.2, 0.25) is 0 Å². The highest BCUT2D eigenvalue weighted by atomic mass is 16.3. The molecule has 4 saturated carbocycles. The SMILES string of the molecule is CC(CCO)NC(C)C12CC3CC(CC(C3)C1)C2. The van der Waals surface area contributed by atoms with Crippen LogP contribution < -0.4 is 5.32 Å². The molecule has 2 heteroatoms. The van der Waals surface area contributed by atoms with Gasteiger partial charge in [0.1, 0.15) is 0 Å². The van der Waals surface area contributed by atoms with E-state index in [4.69, 9.17) is 5.11 Å². The molecule has 0 aromatic heterocycles. The molecular formula is C16H29NO. The van der Waals surface area contributed by atoms with Gasteiger partial charge in [0.25, 0.3) is 0 Å². The van der Waals surface area contributed by atoms with Crippen molar-refractivity contribution in [2.24, 2.45) is 23.2 Å². The lowest BCUT2D eigenvalue weighted by molar-refractivity contribution is -0.0721. The van der Waals surface area contributed by atoms with E-state index in [0.717, 1.165) is 24.2 Å². The average molecular weight is 251 g/mol. The van der Waals surface area contributed by atoms with Crippen molar-refractivity contribution in [2.75, 3.05) is 6.61 Å². The zero-order valence-corrected chi connectivity index (χ0v) is 12.0. The Morgan fingerprint density at radius 2 is 1.56 bits per heavy atom. The summed E-state index contributed by atoms with van der Waals surface area (Å²) in [6.07, 6.45) is 9.88. The molecule has 4 rings (SSSR count). The van der Waals surface area contributed by atoms with Crippen LogP contribution in [0.3, 0.4) is 0 Å². The van der Waals surface area contributed by atoms with Gasteiger partial charge in [-0.15, -0.1) is 0 Å². The number of rotatable bonds is 5. The van der Waals surface area contributed by atoms with Crippen LogP contribution >= 0.6 is 0 Å². The second-order valence-corrected chi connectivity index (χ2v) is 7.58. The van der Waals surface area contributed by atoms with E-state index in [1.54, 1.807) is 0 Å². The predicted octanol–water partition coefficient (Wildman–Crippen LogP) is 2.95. The molecule has 4 aliphatic rings. The summed E-state index contributed by atoms with van der Waals surface area (Å²) in [6, 6.07) is 1.09. The molecule has 0 heterocycles. The molecule has 0 saturated heterocycles. The Balaban J connectivity index is 1.67. The Labute approximate surface area is 112 Å². The van der Waals surface area contributed by atoms with E-state index in [0.29, 0.717) is 24.1 Å². The number of nitrogens with one attached hydrogen (secondary N) is 1. The van der Waals surface area contributed by atoms with Gasteiger partial charge in [0.05, 0.1) is 0 Å². The highest BCUT2D eigenvalue weighted by Crippen LogP contribution is 2.61. The number of aliphatic hydroxyl groups is 1. The first-order valence-corrected chi connectivity index (χ1v) is 7.98. The fraction of sp³-hybridized carbons (Fsp3) is 1.00. The molecule has 0 aromatic rings. The summed E-state index contributed by atoms with van der Waals surface area (Å²) >= 11 is 0. The molecule has 4 bridgehead atoms. The second kappa shape index (κ2) is 4.79. The first-order chi connectivity index (χ1) is 8.61. The van der Waals surface area contributed by atoms with E-state index in [9.17, 15) is 0 Å². The maximum absolute atomic E-state index is 9.04. The van der Waals surface area contributed by atoms with Crippen molar-refractivity contribution in [2.45, 2.75) is 70.9 Å². The third kappa shape index (κ3) is 2.22. The van der Waals surface area contributed by atoms with Gasteiger partial charge in [0.2, 0.25) is 0 Å². The smallest absolute Gasteiger partial charge is 0.0445 e. The van der Waals surface area contributed by atoms with Crippen LogP contribution in [0.4, 0.5) is 0 Å². The quantitative estimate of drug-likeness (QED) is 0.787. The van der Waals surface area contributed by atoms with Crippen molar-refractivity contribution < 1.29 is 5.11 Å². The van der Waals surface area contributed by atoms with Crippen molar-refractivity contribution in [3.8, 4) is 0 Å². The number of hydrogen-bond donors (Lipinski definition) is 2. The molecule has 2 nitrogen and oxygen atoms in total. The zero-order chi connectivity index (χ0) is 12.8. The van der Waals surface area contributed by atoms with Crippen molar-refractivity contribution in [3.05, 3.63) is 0 Å². The van der Waals surface area contributed by atoms with Crippen LogP contribution in [-0.4, -0.2) is 23.8 Å². The average Bonchev–Trinajstić information content (AvgIpc) is 2.27. The minimum atomic E-state index is 0.307. The van der Waals surface area contributed by atoms with E-state index in [1.165, 1.54) is 38.5 Å². The summed E-state index contributed by atoms with van der Waals surface area (Å²) in [5.74, 6) is 3.11. The molecule has 4 aliphatic carbocycles. The Morgan fingerprint density at radius 1 is 1.06 bits per heavy atom. The van der Waals surface area contributed by atoms with Gasteiger partial charge in [-0.2, -0.15) is 0 Å². The van der Waals surface area contributed by atoms with Crippen LogP contribution in [0.1, 0.15) is 58.8 Å². The van der Waals surface area contributed by atoms with Gasteiger partial charge in [-0.25, -0.2) is 0 Å². The molecule has 0 aromatic carbocycles. The van der Waals surface area contributed by atoms with Gasteiger partial charge in [-0.3, -0.25) is 0 Å². The maximum Gasteiger partial charge on any atom is 0.0445 e. The third-order valence-corrected chi connectivity index (χ3v) is 6.10. The molecule has 4 fully saturated rings. The highest BCUT2D eigenvalue weighted by Gasteiger charge is 2.53. The van der Waals surface area contributed by atoms with Crippen LogP contribution in [0, 0.1) is 23.2 Å². The van der Waals surface area contributed by atoms with E-state index < -0.39 is 0 Å². The largest absolute Gasteiger partial charge is 0.396 e. The van der Waals surface area contributed by atoms with E-state index in [1.807, 2.05) is 0 Å². The van der Waals surface area contributed by atoms with Crippen LogP contribution in [0.25, 0.3) is 0 Å². The fourth-order valence-corrected chi connectivity index (χ4v) is 5.59. The minimum absolute atomic E-state index is 0.307. The molecule has 0 aliphatic heterocycles. The molecule has 2 unspecified atom stereocenters. The normalized spacial score (nSPS) is 45.2. The van der Waals surface area contributed by atoms with Gasteiger partial charge in [0.15, 0.2) is 0 Å². The molecular weight excluding hydrogens is 222 g/mol. The second-order valence-electron chi connectivity index (χ2n) is 7.58. The summed E-state index contributed by atoms with van der Waals surface area (Å²) in [7, 11) is 0. The van der Waals surface area contributed by atoms with Gasteiger partial charge >= 0.3 is 0 Å². The first kappa shape index (κ1) is 12.9. The maximum atomic E-state index is 9.04. The van der Waals surface area contributed by atoms with Crippen LogP contribution in [-0.2, 0) is 0 Å². The van der Waals surface area contributed by atoms with Crippen LogP contribution in [0.5, 0.6) is 0 Å². The van der Waals surface area contributed by atoms with Crippen molar-refractivity contribution in [1.82, 2.24) is 5.32 Å². The Bertz CT molecular complexity index is 266. The summed E-state index contributed by atoms with van der Waals surface area (Å²) < 4.78 is 0. The molecule has 0 radical (unpaired) electrons. The first-order valence-electron chi connectivity index (χ1n) is 7.98. The molecule has 18 heavy (non-hydrogen) atoms. The van der Waals surface area contributed by atoms with Crippen molar-refractivity contribution in [1.29, 1.82) is 0 Å². The molecule has 0 amide bonds. The van der Waals surface area contributed by atoms with E-state index in [2.05, 4.69) is 19.2 Å². The number of hydrogen-bond acceptors (Lipinski definition) is 2. The van der Waals surface area contributed by atoms with Crippen molar-refractivity contribution in [3.63, 3.8) is 0 Å². The Kier molecular flexibility index (Phi) is 3.44. The Morgan fingerprint density at radius 3 is 2.00 bits per heavy atom. The van der Waals surface area contributed by atoms with Gasteiger partial charge < -0.3 is 10.4 Å². The molecule has 2 N–H and O–H groups in total. The van der Waals surface area contributed by atoms with Gasteiger partial charge in [-0.05, 0) is 82.0 Å². The van der Waals surface area contributed by atoms with Crippen molar-refractivity contribution >= 4 is 0 Å². The summed E-state index contributed by atoms with van der Waals surface area (Å²) in [5.41, 5.74) is 0.596. The van der Waals surface area contributed by atoms with E-state index >= 15 is 0 Å². The lowest BCUT2D eigenvalue weighted by atomic mass is 9.48. The lowest BCUT2D eigenvalue weighted by Crippen LogP contribution is -2.56. The van der Waals surface area contributed by atoms with Gasteiger partial charge in [-0.1, -0.05) is 0 Å². The standard InChI is InChI=1S/C16H29NO/c1-11(3-4-18)17-12(2)16-8-13-5-14(9-16)7-15(6-13)10-16/h11-15,17-18H,3-10H2,1-2H3. The molecule has 104 valence electrons. The van der Waals surface area contributed by atoms with Gasteiger partial charge in [0, 0.05) is 18.7 Å². The minimum Gasteiger partial charge on any atom is -0.396 e. The molecule has 0 spiro atoms. The Hall–Kier alpha value is -0.0800. The highest BCUT2D eigenvalue weighted by molar-refractivity contribution is 5.05. The molecule has 2 atom stereocenters. The van der Waals surface area contributed by atoms with Crippen LogP contribution in [0.15, 0.2) is 0 Å². The summed E-state index contributed by atoms with van der Waals surface area (Å²) in [6.45, 7) is 4.93. The van der Waals surface area contributed by atoms with E-state index in [-0.39, 0.29) is 0 Å². The summed E-state index contributed by atoms with van der Waals surface area (Å²) in [5, 5.41) is 12.8. The topological polar surface area (TPSA) is 32.3 Å². The zero-order valence-electron chi connectivity index (χ0n) is 12.0. The monoisotopic (exact) mass is 251 g/mol. The summed E-state index contributed by atoms with van der Waals surface area (Å²) in [4.78, 5) is 0. The predicted molar refractivity (Wildman–Crippen MR) is 74.4 cm³/mol.